The summed E-state index contributed by atoms with van der Waals surface area (Å²) in [5.74, 6) is 6.75. The number of imidazole rings is 1. The first kappa shape index (κ1) is 13.7. The highest BCUT2D eigenvalue weighted by molar-refractivity contribution is 5.75. The van der Waals surface area contributed by atoms with Gasteiger partial charge in [0, 0.05) is 25.4 Å². The van der Waals surface area contributed by atoms with Gasteiger partial charge in [-0.25, -0.2) is 4.98 Å². The Bertz CT molecular complexity index is 762. The van der Waals surface area contributed by atoms with Gasteiger partial charge in [0.25, 0.3) is 0 Å². The average Bonchev–Trinajstić information content (AvgIpc) is 2.82. The number of pyridine rings is 1. The van der Waals surface area contributed by atoms with Gasteiger partial charge in [0.2, 0.25) is 0 Å². The van der Waals surface area contributed by atoms with Crippen LogP contribution in [0.15, 0.2) is 42.6 Å². The number of para-hydroxylation sites is 2. The summed E-state index contributed by atoms with van der Waals surface area (Å²) in [5.41, 5.74) is 7.11. The van der Waals surface area contributed by atoms with Crippen LogP contribution in [0.25, 0.3) is 11.0 Å². The number of hydrazine groups is 1. The summed E-state index contributed by atoms with van der Waals surface area (Å²) >= 11 is 0. The van der Waals surface area contributed by atoms with Gasteiger partial charge >= 0.3 is 0 Å². The number of aromatic nitrogens is 3. The molecule has 21 heavy (non-hydrogen) atoms. The molecule has 2 heterocycles. The second-order valence-electron chi connectivity index (χ2n) is 5.18. The lowest BCUT2D eigenvalue weighted by Crippen LogP contribution is -2.31. The predicted molar refractivity (Wildman–Crippen MR) is 83.5 cm³/mol. The SMILES string of the molecule is Cc1ncccc1C(Cc1nc2ccccc2n1C)NN. The second-order valence-corrected chi connectivity index (χ2v) is 5.18. The molecule has 0 amide bonds. The summed E-state index contributed by atoms with van der Waals surface area (Å²) in [6, 6.07) is 12.1. The van der Waals surface area contributed by atoms with Crippen LogP contribution >= 0.6 is 0 Å². The molecular weight excluding hydrogens is 262 g/mol. The van der Waals surface area contributed by atoms with E-state index in [1.165, 1.54) is 0 Å². The molecule has 0 aliphatic heterocycles. The molecule has 1 aromatic carbocycles. The normalized spacial score (nSPS) is 12.7. The molecule has 108 valence electrons. The minimum absolute atomic E-state index is 0.00536. The van der Waals surface area contributed by atoms with Crippen molar-refractivity contribution in [3.05, 3.63) is 59.7 Å². The molecule has 2 aromatic heterocycles. The maximum atomic E-state index is 5.75. The van der Waals surface area contributed by atoms with E-state index in [-0.39, 0.29) is 6.04 Å². The quantitative estimate of drug-likeness (QED) is 0.567. The Morgan fingerprint density at radius 3 is 2.76 bits per heavy atom. The van der Waals surface area contributed by atoms with E-state index in [0.717, 1.165) is 28.1 Å². The molecule has 0 aliphatic carbocycles. The lowest BCUT2D eigenvalue weighted by Gasteiger charge is -2.17. The van der Waals surface area contributed by atoms with Gasteiger partial charge < -0.3 is 4.57 Å². The molecule has 3 aromatic rings. The first-order valence-electron chi connectivity index (χ1n) is 6.98. The zero-order valence-corrected chi connectivity index (χ0v) is 12.2. The highest BCUT2D eigenvalue weighted by atomic mass is 15.2. The summed E-state index contributed by atoms with van der Waals surface area (Å²) < 4.78 is 2.12. The number of fused-ring (bicyclic) bond motifs is 1. The summed E-state index contributed by atoms with van der Waals surface area (Å²) in [7, 11) is 2.04. The van der Waals surface area contributed by atoms with E-state index in [1.54, 1.807) is 6.20 Å². The van der Waals surface area contributed by atoms with Crippen molar-refractivity contribution in [1.82, 2.24) is 20.0 Å². The average molecular weight is 281 g/mol. The highest BCUT2D eigenvalue weighted by Gasteiger charge is 2.17. The first-order chi connectivity index (χ1) is 10.2. The van der Waals surface area contributed by atoms with E-state index >= 15 is 0 Å². The molecule has 0 fully saturated rings. The zero-order chi connectivity index (χ0) is 14.8. The summed E-state index contributed by atoms with van der Waals surface area (Å²) in [6.45, 7) is 1.99. The Hall–Kier alpha value is -2.24. The van der Waals surface area contributed by atoms with Gasteiger partial charge in [0.05, 0.1) is 17.1 Å². The number of nitrogens with two attached hydrogens (primary N) is 1. The third-order valence-corrected chi connectivity index (χ3v) is 3.89. The molecule has 5 heteroatoms. The van der Waals surface area contributed by atoms with Crippen LogP contribution < -0.4 is 11.3 Å². The van der Waals surface area contributed by atoms with E-state index in [1.807, 2.05) is 38.2 Å². The minimum Gasteiger partial charge on any atom is -0.331 e. The van der Waals surface area contributed by atoms with Gasteiger partial charge in [-0.1, -0.05) is 18.2 Å². The van der Waals surface area contributed by atoms with Crippen molar-refractivity contribution in [2.45, 2.75) is 19.4 Å². The maximum Gasteiger partial charge on any atom is 0.111 e. The molecule has 3 N–H and O–H groups in total. The molecule has 0 saturated heterocycles. The second kappa shape index (κ2) is 5.63. The van der Waals surface area contributed by atoms with Crippen molar-refractivity contribution in [3.63, 3.8) is 0 Å². The molecule has 3 rings (SSSR count). The standard InChI is InChI=1S/C16H19N5/c1-11-12(6-5-9-18-11)14(20-17)10-16-19-13-7-3-4-8-15(13)21(16)2/h3-9,14,20H,10,17H2,1-2H3. The zero-order valence-electron chi connectivity index (χ0n) is 12.2. The molecule has 5 nitrogen and oxygen atoms in total. The number of nitrogens with one attached hydrogen (secondary N) is 1. The molecule has 0 radical (unpaired) electrons. The van der Waals surface area contributed by atoms with Crippen molar-refractivity contribution in [2.24, 2.45) is 12.9 Å². The highest BCUT2D eigenvalue weighted by Crippen LogP contribution is 2.22. The van der Waals surface area contributed by atoms with Gasteiger partial charge in [0.15, 0.2) is 0 Å². The van der Waals surface area contributed by atoms with Crippen LogP contribution in [0, 0.1) is 6.92 Å². The Labute approximate surface area is 123 Å². The van der Waals surface area contributed by atoms with Crippen LogP contribution in [0.5, 0.6) is 0 Å². The van der Waals surface area contributed by atoms with Crippen molar-refractivity contribution in [2.75, 3.05) is 0 Å². The number of aryl methyl sites for hydroxylation is 2. The van der Waals surface area contributed by atoms with Crippen molar-refractivity contribution < 1.29 is 0 Å². The van der Waals surface area contributed by atoms with E-state index < -0.39 is 0 Å². The fourth-order valence-electron chi connectivity index (χ4n) is 2.68. The molecular formula is C16H19N5. The monoisotopic (exact) mass is 281 g/mol. The number of benzene rings is 1. The van der Waals surface area contributed by atoms with Crippen LogP contribution in [0.3, 0.4) is 0 Å². The third-order valence-electron chi connectivity index (χ3n) is 3.89. The van der Waals surface area contributed by atoms with Crippen LogP contribution in [-0.2, 0) is 13.5 Å². The summed E-state index contributed by atoms with van der Waals surface area (Å²) in [6.07, 6.45) is 2.51. The summed E-state index contributed by atoms with van der Waals surface area (Å²) in [4.78, 5) is 9.03. The van der Waals surface area contributed by atoms with E-state index in [2.05, 4.69) is 27.1 Å². The number of nitrogens with zero attached hydrogens (tertiary/aromatic N) is 3. The lowest BCUT2D eigenvalue weighted by molar-refractivity contribution is 0.527. The van der Waals surface area contributed by atoms with Crippen molar-refractivity contribution >= 4 is 11.0 Å². The molecule has 0 spiro atoms. The number of hydrogen-bond acceptors (Lipinski definition) is 4. The lowest BCUT2D eigenvalue weighted by atomic mass is 10.0. The van der Waals surface area contributed by atoms with Gasteiger partial charge in [0.1, 0.15) is 5.82 Å². The number of hydrogen-bond donors (Lipinski definition) is 2. The van der Waals surface area contributed by atoms with Gasteiger partial charge in [-0.2, -0.15) is 0 Å². The fourth-order valence-corrected chi connectivity index (χ4v) is 2.68. The Kier molecular flexibility index (Phi) is 3.68. The third kappa shape index (κ3) is 2.53. The molecule has 1 atom stereocenters. The van der Waals surface area contributed by atoms with Crippen LogP contribution in [0.4, 0.5) is 0 Å². The molecule has 0 saturated carbocycles. The van der Waals surface area contributed by atoms with Gasteiger partial charge in [-0.05, 0) is 30.7 Å². The Morgan fingerprint density at radius 1 is 1.24 bits per heavy atom. The predicted octanol–water partition coefficient (Wildman–Crippen LogP) is 2.02. The number of rotatable bonds is 4. The topological polar surface area (TPSA) is 68.8 Å². The smallest absolute Gasteiger partial charge is 0.111 e. The van der Waals surface area contributed by atoms with E-state index in [0.29, 0.717) is 6.42 Å². The minimum atomic E-state index is -0.00536. The van der Waals surface area contributed by atoms with Crippen LogP contribution in [0.1, 0.15) is 23.1 Å². The molecule has 0 bridgehead atoms. The van der Waals surface area contributed by atoms with Crippen LogP contribution in [0.2, 0.25) is 0 Å². The van der Waals surface area contributed by atoms with Crippen LogP contribution in [-0.4, -0.2) is 14.5 Å². The Balaban J connectivity index is 1.96. The van der Waals surface area contributed by atoms with E-state index in [4.69, 9.17) is 10.8 Å². The molecule has 0 aliphatic rings. The first-order valence-corrected chi connectivity index (χ1v) is 6.98. The molecule has 1 unspecified atom stereocenters. The Morgan fingerprint density at radius 2 is 2.05 bits per heavy atom. The fraction of sp³-hybridized carbons (Fsp3) is 0.250. The largest absolute Gasteiger partial charge is 0.331 e. The van der Waals surface area contributed by atoms with E-state index in [9.17, 15) is 0 Å². The maximum absolute atomic E-state index is 5.75. The van der Waals surface area contributed by atoms with Gasteiger partial charge in [-0.15, -0.1) is 0 Å². The van der Waals surface area contributed by atoms with Crippen molar-refractivity contribution in [3.8, 4) is 0 Å². The van der Waals surface area contributed by atoms with Crippen molar-refractivity contribution in [1.29, 1.82) is 0 Å². The summed E-state index contributed by atoms with van der Waals surface area (Å²) in [5, 5.41) is 0. The van der Waals surface area contributed by atoms with Gasteiger partial charge in [-0.3, -0.25) is 16.3 Å².